The van der Waals surface area contributed by atoms with E-state index in [4.69, 9.17) is 11.6 Å². The predicted octanol–water partition coefficient (Wildman–Crippen LogP) is 3.18. The van der Waals surface area contributed by atoms with E-state index in [-0.39, 0.29) is 5.91 Å². The van der Waals surface area contributed by atoms with Gasteiger partial charge < -0.3 is 5.32 Å². The van der Waals surface area contributed by atoms with E-state index >= 15 is 0 Å². The van der Waals surface area contributed by atoms with Crippen molar-refractivity contribution in [2.24, 2.45) is 0 Å². The van der Waals surface area contributed by atoms with Gasteiger partial charge in [-0.3, -0.25) is 4.79 Å². The molecule has 1 N–H and O–H groups in total. The van der Waals surface area contributed by atoms with E-state index in [1.807, 2.05) is 12.1 Å². The standard InChI is InChI=1S/C11H12ClNO/c1-7-2-5-11(14)13-10-4-3-8(12)6-9(7)10/h3-4,6-7H,2,5H2,1H3,(H,13,14). The predicted molar refractivity (Wildman–Crippen MR) is 57.7 cm³/mol. The molecule has 0 spiro atoms. The fourth-order valence-electron chi connectivity index (χ4n) is 1.77. The average Bonchev–Trinajstić information content (AvgIpc) is 2.29. The number of nitrogens with one attached hydrogen (secondary N) is 1. The van der Waals surface area contributed by atoms with E-state index < -0.39 is 0 Å². The number of amides is 1. The van der Waals surface area contributed by atoms with Crippen molar-refractivity contribution < 1.29 is 4.79 Å². The first kappa shape index (κ1) is 9.53. The molecule has 0 bridgehead atoms. The highest BCUT2D eigenvalue weighted by molar-refractivity contribution is 6.30. The van der Waals surface area contributed by atoms with Crippen LogP contribution in [0, 0.1) is 0 Å². The summed E-state index contributed by atoms with van der Waals surface area (Å²) in [4.78, 5) is 11.3. The number of carbonyl (C=O) groups excluding carboxylic acids is 1. The van der Waals surface area contributed by atoms with Crippen LogP contribution >= 0.6 is 11.6 Å². The van der Waals surface area contributed by atoms with Crippen LogP contribution in [0.4, 0.5) is 5.69 Å². The Labute approximate surface area is 88.3 Å². The van der Waals surface area contributed by atoms with Crippen molar-refractivity contribution >= 4 is 23.2 Å². The van der Waals surface area contributed by atoms with Gasteiger partial charge in [0.1, 0.15) is 0 Å². The topological polar surface area (TPSA) is 29.1 Å². The van der Waals surface area contributed by atoms with Gasteiger partial charge in [0.15, 0.2) is 0 Å². The summed E-state index contributed by atoms with van der Waals surface area (Å²) in [5, 5.41) is 3.61. The zero-order chi connectivity index (χ0) is 10.1. The average molecular weight is 210 g/mol. The molecule has 1 unspecified atom stereocenters. The second-order valence-electron chi connectivity index (χ2n) is 3.72. The molecule has 74 valence electrons. The minimum atomic E-state index is 0.0953. The van der Waals surface area contributed by atoms with Gasteiger partial charge in [0.2, 0.25) is 5.91 Å². The molecule has 2 rings (SSSR count). The van der Waals surface area contributed by atoms with Gasteiger partial charge in [-0.1, -0.05) is 18.5 Å². The summed E-state index contributed by atoms with van der Waals surface area (Å²) < 4.78 is 0. The monoisotopic (exact) mass is 209 g/mol. The highest BCUT2D eigenvalue weighted by Crippen LogP contribution is 2.32. The Bertz CT molecular complexity index is 376. The van der Waals surface area contributed by atoms with Crippen LogP contribution in [0.5, 0.6) is 0 Å². The van der Waals surface area contributed by atoms with E-state index in [0.717, 1.165) is 22.7 Å². The molecule has 0 saturated carbocycles. The van der Waals surface area contributed by atoms with Gasteiger partial charge in [0.25, 0.3) is 0 Å². The molecule has 1 atom stereocenters. The van der Waals surface area contributed by atoms with E-state index in [1.165, 1.54) is 0 Å². The molecule has 1 amide bonds. The highest BCUT2D eigenvalue weighted by atomic mass is 35.5. The lowest BCUT2D eigenvalue weighted by Crippen LogP contribution is -2.08. The molecule has 3 heteroatoms. The molecule has 1 heterocycles. The molecule has 1 aromatic carbocycles. The first-order chi connectivity index (χ1) is 6.66. The molecule has 14 heavy (non-hydrogen) atoms. The Balaban J connectivity index is 2.46. The normalized spacial score (nSPS) is 21.0. The van der Waals surface area contributed by atoms with Crippen LogP contribution in [0.15, 0.2) is 18.2 Å². The number of halogens is 1. The molecule has 0 fully saturated rings. The van der Waals surface area contributed by atoms with Gasteiger partial charge in [-0.05, 0) is 36.1 Å². The molecular formula is C11H12ClNO. The molecule has 0 radical (unpaired) electrons. The third kappa shape index (κ3) is 1.75. The lowest BCUT2D eigenvalue weighted by atomic mass is 9.96. The molecule has 1 aromatic rings. The highest BCUT2D eigenvalue weighted by Gasteiger charge is 2.18. The summed E-state index contributed by atoms with van der Waals surface area (Å²) in [6, 6.07) is 5.61. The van der Waals surface area contributed by atoms with Crippen LogP contribution in [0.1, 0.15) is 31.2 Å². The SMILES string of the molecule is CC1CCC(=O)Nc2ccc(Cl)cc21. The van der Waals surface area contributed by atoms with E-state index in [0.29, 0.717) is 12.3 Å². The lowest BCUT2D eigenvalue weighted by molar-refractivity contribution is -0.116. The maximum Gasteiger partial charge on any atom is 0.224 e. The number of hydrogen-bond donors (Lipinski definition) is 1. The second kappa shape index (κ2) is 3.62. The van der Waals surface area contributed by atoms with Crippen molar-refractivity contribution in [2.75, 3.05) is 5.32 Å². The van der Waals surface area contributed by atoms with Gasteiger partial charge in [-0.15, -0.1) is 0 Å². The summed E-state index contributed by atoms with van der Waals surface area (Å²) in [6.45, 7) is 2.12. The maximum atomic E-state index is 11.3. The van der Waals surface area contributed by atoms with Crippen LogP contribution in [0.25, 0.3) is 0 Å². The molecule has 0 saturated heterocycles. The molecule has 1 aliphatic heterocycles. The molecular weight excluding hydrogens is 198 g/mol. The fraction of sp³-hybridized carbons (Fsp3) is 0.364. The third-order valence-electron chi connectivity index (χ3n) is 2.62. The van der Waals surface area contributed by atoms with Gasteiger partial charge in [-0.2, -0.15) is 0 Å². The second-order valence-corrected chi connectivity index (χ2v) is 4.16. The maximum absolute atomic E-state index is 11.3. The number of carbonyl (C=O) groups is 1. The Morgan fingerprint density at radius 1 is 1.50 bits per heavy atom. The Kier molecular flexibility index (Phi) is 2.46. The smallest absolute Gasteiger partial charge is 0.224 e. The van der Waals surface area contributed by atoms with Crippen LogP contribution in [-0.4, -0.2) is 5.91 Å². The largest absolute Gasteiger partial charge is 0.326 e. The zero-order valence-corrected chi connectivity index (χ0v) is 8.77. The van der Waals surface area contributed by atoms with E-state index in [2.05, 4.69) is 12.2 Å². The van der Waals surface area contributed by atoms with Crippen molar-refractivity contribution in [1.82, 2.24) is 0 Å². The number of hydrogen-bond acceptors (Lipinski definition) is 1. The fourth-order valence-corrected chi connectivity index (χ4v) is 1.95. The van der Waals surface area contributed by atoms with E-state index in [9.17, 15) is 4.79 Å². The van der Waals surface area contributed by atoms with Crippen molar-refractivity contribution in [1.29, 1.82) is 0 Å². The van der Waals surface area contributed by atoms with Crippen molar-refractivity contribution in [3.05, 3.63) is 28.8 Å². The van der Waals surface area contributed by atoms with Gasteiger partial charge in [-0.25, -0.2) is 0 Å². The van der Waals surface area contributed by atoms with Crippen LogP contribution in [-0.2, 0) is 4.79 Å². The number of rotatable bonds is 0. The van der Waals surface area contributed by atoms with Gasteiger partial charge in [0.05, 0.1) is 0 Å². The lowest BCUT2D eigenvalue weighted by Gasteiger charge is -2.11. The summed E-state index contributed by atoms with van der Waals surface area (Å²) in [5.41, 5.74) is 2.05. The summed E-state index contributed by atoms with van der Waals surface area (Å²) in [6.07, 6.45) is 1.48. The third-order valence-corrected chi connectivity index (χ3v) is 2.86. The van der Waals surface area contributed by atoms with Crippen LogP contribution in [0.2, 0.25) is 5.02 Å². The Morgan fingerprint density at radius 2 is 2.29 bits per heavy atom. The van der Waals surface area contributed by atoms with Gasteiger partial charge >= 0.3 is 0 Å². The molecule has 0 aliphatic carbocycles. The summed E-state index contributed by atoms with van der Waals surface area (Å²) in [7, 11) is 0. The summed E-state index contributed by atoms with van der Waals surface area (Å²) >= 11 is 5.92. The Morgan fingerprint density at radius 3 is 3.07 bits per heavy atom. The Hall–Kier alpha value is -1.02. The number of benzene rings is 1. The quantitative estimate of drug-likeness (QED) is 0.699. The first-order valence-corrected chi connectivity index (χ1v) is 5.14. The van der Waals surface area contributed by atoms with Crippen LogP contribution < -0.4 is 5.32 Å². The minimum absolute atomic E-state index is 0.0953. The summed E-state index contributed by atoms with van der Waals surface area (Å²) in [5.74, 6) is 0.487. The van der Waals surface area contributed by atoms with Crippen molar-refractivity contribution in [3.8, 4) is 0 Å². The molecule has 1 aliphatic rings. The zero-order valence-electron chi connectivity index (χ0n) is 8.01. The van der Waals surface area contributed by atoms with Crippen molar-refractivity contribution in [3.63, 3.8) is 0 Å². The first-order valence-electron chi connectivity index (χ1n) is 4.76. The molecule has 0 aromatic heterocycles. The van der Waals surface area contributed by atoms with Gasteiger partial charge in [0, 0.05) is 17.1 Å². The molecule has 2 nitrogen and oxygen atoms in total. The van der Waals surface area contributed by atoms with Crippen LogP contribution in [0.3, 0.4) is 0 Å². The number of fused-ring (bicyclic) bond motifs is 1. The minimum Gasteiger partial charge on any atom is -0.326 e. The van der Waals surface area contributed by atoms with Crippen molar-refractivity contribution in [2.45, 2.75) is 25.7 Å². The number of anilines is 1. The van der Waals surface area contributed by atoms with E-state index in [1.54, 1.807) is 6.07 Å².